The maximum atomic E-state index is 10.1. The summed E-state index contributed by atoms with van der Waals surface area (Å²) in [7, 11) is 0. The van der Waals surface area contributed by atoms with Crippen LogP contribution in [0.2, 0.25) is 0 Å². The molecule has 1 rings (SSSR count). The molecule has 17 heavy (non-hydrogen) atoms. The second-order valence-corrected chi connectivity index (χ2v) is 4.17. The lowest BCUT2D eigenvalue weighted by Crippen LogP contribution is -2.32. The number of aliphatic hydroxyl groups excluding tert-OH is 2. The van der Waals surface area contributed by atoms with E-state index in [0.717, 1.165) is 18.5 Å². The third-order valence-electron chi connectivity index (χ3n) is 2.74. The van der Waals surface area contributed by atoms with Gasteiger partial charge in [0.05, 0.1) is 12.7 Å². The van der Waals surface area contributed by atoms with Gasteiger partial charge in [-0.05, 0) is 19.0 Å². The van der Waals surface area contributed by atoms with Gasteiger partial charge in [-0.2, -0.15) is 0 Å². The summed E-state index contributed by atoms with van der Waals surface area (Å²) in [6, 6.07) is 7.34. The predicted molar refractivity (Wildman–Crippen MR) is 69.6 cm³/mol. The SMILES string of the molecule is CCCN(CCO)CC(O)c1ccccc1N. The van der Waals surface area contributed by atoms with Crippen LogP contribution in [0.5, 0.6) is 0 Å². The molecule has 0 aliphatic carbocycles. The van der Waals surface area contributed by atoms with Crippen molar-refractivity contribution in [3.63, 3.8) is 0 Å². The topological polar surface area (TPSA) is 69.7 Å². The second kappa shape index (κ2) is 7.27. The summed E-state index contributed by atoms with van der Waals surface area (Å²) in [5, 5.41) is 19.1. The molecule has 4 N–H and O–H groups in total. The predicted octanol–water partition coefficient (Wildman–Crippen LogP) is 1.01. The van der Waals surface area contributed by atoms with E-state index >= 15 is 0 Å². The lowest BCUT2D eigenvalue weighted by molar-refractivity contribution is 0.100. The minimum atomic E-state index is -0.603. The Labute approximate surface area is 103 Å². The van der Waals surface area contributed by atoms with Crippen LogP contribution in [0.4, 0.5) is 5.69 Å². The summed E-state index contributed by atoms with van der Waals surface area (Å²) in [4.78, 5) is 2.04. The molecule has 1 atom stereocenters. The van der Waals surface area contributed by atoms with E-state index in [1.54, 1.807) is 6.07 Å². The third kappa shape index (κ3) is 4.34. The van der Waals surface area contributed by atoms with Gasteiger partial charge in [0.15, 0.2) is 0 Å². The first-order chi connectivity index (χ1) is 8.19. The molecule has 0 radical (unpaired) electrons. The zero-order valence-corrected chi connectivity index (χ0v) is 10.3. The van der Waals surface area contributed by atoms with Gasteiger partial charge in [-0.15, -0.1) is 0 Å². The first kappa shape index (κ1) is 14.0. The van der Waals surface area contributed by atoms with Gasteiger partial charge >= 0.3 is 0 Å². The molecule has 96 valence electrons. The van der Waals surface area contributed by atoms with Gasteiger partial charge in [0.2, 0.25) is 0 Å². The van der Waals surface area contributed by atoms with Crippen LogP contribution >= 0.6 is 0 Å². The standard InChI is InChI=1S/C13H22N2O2/c1-2-7-15(8-9-16)10-13(17)11-5-3-4-6-12(11)14/h3-6,13,16-17H,2,7-10,14H2,1H3. The van der Waals surface area contributed by atoms with Crippen LogP contribution < -0.4 is 5.73 Å². The summed E-state index contributed by atoms with van der Waals surface area (Å²) in [6.45, 7) is 4.13. The molecule has 0 saturated heterocycles. The van der Waals surface area contributed by atoms with Gasteiger partial charge in [0.1, 0.15) is 0 Å². The minimum absolute atomic E-state index is 0.108. The molecule has 1 aromatic rings. The van der Waals surface area contributed by atoms with Crippen LogP contribution in [0.1, 0.15) is 25.0 Å². The van der Waals surface area contributed by atoms with Crippen molar-refractivity contribution in [2.75, 3.05) is 32.0 Å². The molecular formula is C13H22N2O2. The van der Waals surface area contributed by atoms with E-state index in [1.807, 2.05) is 23.1 Å². The number of nitrogens with zero attached hydrogens (tertiary/aromatic N) is 1. The highest BCUT2D eigenvalue weighted by Crippen LogP contribution is 2.20. The molecule has 4 heteroatoms. The number of anilines is 1. The fourth-order valence-electron chi connectivity index (χ4n) is 1.91. The summed E-state index contributed by atoms with van der Waals surface area (Å²) in [5.74, 6) is 0. The number of para-hydroxylation sites is 1. The van der Waals surface area contributed by atoms with Crippen LogP contribution in [-0.2, 0) is 0 Å². The van der Waals surface area contributed by atoms with Crippen molar-refractivity contribution >= 4 is 5.69 Å². The Balaban J connectivity index is 2.63. The number of aliphatic hydroxyl groups is 2. The molecule has 0 aliphatic rings. The molecule has 1 aromatic carbocycles. The Morgan fingerprint density at radius 3 is 2.59 bits per heavy atom. The van der Waals surface area contributed by atoms with E-state index in [2.05, 4.69) is 6.92 Å². The fraction of sp³-hybridized carbons (Fsp3) is 0.538. The molecule has 0 aromatic heterocycles. The molecule has 0 amide bonds. The molecule has 0 fully saturated rings. The molecule has 0 saturated carbocycles. The van der Waals surface area contributed by atoms with Crippen molar-refractivity contribution in [2.24, 2.45) is 0 Å². The summed E-state index contributed by atoms with van der Waals surface area (Å²) >= 11 is 0. The van der Waals surface area contributed by atoms with Gasteiger partial charge in [-0.1, -0.05) is 25.1 Å². The van der Waals surface area contributed by atoms with E-state index in [0.29, 0.717) is 18.8 Å². The number of hydrogen-bond acceptors (Lipinski definition) is 4. The highest BCUT2D eigenvalue weighted by atomic mass is 16.3. The molecule has 1 unspecified atom stereocenters. The maximum Gasteiger partial charge on any atom is 0.0936 e. The van der Waals surface area contributed by atoms with Crippen LogP contribution in [0.3, 0.4) is 0 Å². The number of nitrogen functional groups attached to an aromatic ring is 1. The number of hydrogen-bond donors (Lipinski definition) is 3. The zero-order chi connectivity index (χ0) is 12.7. The Bertz CT molecular complexity index is 325. The number of rotatable bonds is 7. The third-order valence-corrected chi connectivity index (χ3v) is 2.74. The van der Waals surface area contributed by atoms with Crippen LogP contribution in [-0.4, -0.2) is 41.4 Å². The molecule has 4 nitrogen and oxygen atoms in total. The Kier molecular flexibility index (Phi) is 5.97. The van der Waals surface area contributed by atoms with Crippen molar-refractivity contribution in [1.82, 2.24) is 4.90 Å². The summed E-state index contributed by atoms with van der Waals surface area (Å²) in [6.07, 6.45) is 0.395. The largest absolute Gasteiger partial charge is 0.398 e. The maximum absolute atomic E-state index is 10.1. The smallest absolute Gasteiger partial charge is 0.0936 e. The van der Waals surface area contributed by atoms with Crippen molar-refractivity contribution in [2.45, 2.75) is 19.4 Å². The van der Waals surface area contributed by atoms with Crippen molar-refractivity contribution in [1.29, 1.82) is 0 Å². The lowest BCUT2D eigenvalue weighted by atomic mass is 10.1. The van der Waals surface area contributed by atoms with E-state index in [1.165, 1.54) is 0 Å². The number of benzene rings is 1. The molecule has 0 heterocycles. The molecule has 0 bridgehead atoms. The van der Waals surface area contributed by atoms with E-state index in [4.69, 9.17) is 10.8 Å². The Morgan fingerprint density at radius 2 is 2.00 bits per heavy atom. The van der Waals surface area contributed by atoms with E-state index in [9.17, 15) is 5.11 Å². The van der Waals surface area contributed by atoms with Gasteiger partial charge in [-0.25, -0.2) is 0 Å². The van der Waals surface area contributed by atoms with Gasteiger partial charge in [0, 0.05) is 24.3 Å². The van der Waals surface area contributed by atoms with Crippen LogP contribution in [0.25, 0.3) is 0 Å². The summed E-state index contributed by atoms with van der Waals surface area (Å²) in [5.41, 5.74) is 7.18. The van der Waals surface area contributed by atoms with Gasteiger partial charge < -0.3 is 15.9 Å². The van der Waals surface area contributed by atoms with Crippen molar-refractivity contribution in [3.05, 3.63) is 29.8 Å². The molecule has 0 aliphatic heterocycles. The molecular weight excluding hydrogens is 216 g/mol. The van der Waals surface area contributed by atoms with E-state index in [-0.39, 0.29) is 6.61 Å². The quantitative estimate of drug-likeness (QED) is 0.620. The highest BCUT2D eigenvalue weighted by Gasteiger charge is 2.14. The first-order valence-corrected chi connectivity index (χ1v) is 6.04. The molecule has 0 spiro atoms. The average molecular weight is 238 g/mol. The Morgan fingerprint density at radius 1 is 1.29 bits per heavy atom. The van der Waals surface area contributed by atoms with Crippen molar-refractivity contribution < 1.29 is 10.2 Å². The van der Waals surface area contributed by atoms with E-state index < -0.39 is 6.10 Å². The number of nitrogens with two attached hydrogens (primary N) is 1. The minimum Gasteiger partial charge on any atom is -0.398 e. The fourth-order valence-corrected chi connectivity index (χ4v) is 1.91. The lowest BCUT2D eigenvalue weighted by Gasteiger charge is -2.24. The monoisotopic (exact) mass is 238 g/mol. The zero-order valence-electron chi connectivity index (χ0n) is 10.3. The Hall–Kier alpha value is -1.10. The van der Waals surface area contributed by atoms with Crippen LogP contribution in [0, 0.1) is 0 Å². The normalized spacial score (nSPS) is 12.9. The van der Waals surface area contributed by atoms with Crippen LogP contribution in [0.15, 0.2) is 24.3 Å². The van der Waals surface area contributed by atoms with Gasteiger partial charge in [0.25, 0.3) is 0 Å². The van der Waals surface area contributed by atoms with Crippen molar-refractivity contribution in [3.8, 4) is 0 Å². The highest BCUT2D eigenvalue weighted by molar-refractivity contribution is 5.47. The second-order valence-electron chi connectivity index (χ2n) is 4.17. The first-order valence-electron chi connectivity index (χ1n) is 6.04. The average Bonchev–Trinajstić information content (AvgIpc) is 2.30. The summed E-state index contributed by atoms with van der Waals surface area (Å²) < 4.78 is 0. The van der Waals surface area contributed by atoms with Gasteiger partial charge in [-0.3, -0.25) is 4.90 Å².